The van der Waals surface area contributed by atoms with Crippen LogP contribution >= 0.6 is 0 Å². The van der Waals surface area contributed by atoms with Gasteiger partial charge in [-0.05, 0) is 26.3 Å². The number of rotatable bonds is 3. The molecule has 14 heavy (non-hydrogen) atoms. The molecule has 1 aromatic rings. The monoisotopic (exact) mass is 192 g/mol. The van der Waals surface area contributed by atoms with E-state index in [4.69, 9.17) is 4.74 Å². The van der Waals surface area contributed by atoms with Gasteiger partial charge < -0.3 is 4.74 Å². The fourth-order valence-corrected chi connectivity index (χ4v) is 1.25. The van der Waals surface area contributed by atoms with Gasteiger partial charge in [0.1, 0.15) is 0 Å². The Hall–Kier alpha value is -0.820. The molecule has 0 saturated heterocycles. The Morgan fingerprint density at radius 1 is 1.14 bits per heavy atom. The van der Waals surface area contributed by atoms with E-state index in [2.05, 4.69) is 52.0 Å². The topological polar surface area (TPSA) is 9.23 Å². The molecule has 1 nitrogen and oxygen atoms in total. The number of hydrogen-bond donors (Lipinski definition) is 0. The molecule has 1 atom stereocenters. The minimum Gasteiger partial charge on any atom is -0.375 e. The zero-order chi connectivity index (χ0) is 10.6. The van der Waals surface area contributed by atoms with Gasteiger partial charge in [0.15, 0.2) is 0 Å². The lowest BCUT2D eigenvalue weighted by Crippen LogP contribution is -2.22. The Labute approximate surface area is 87.1 Å². The first-order valence-corrected chi connectivity index (χ1v) is 5.18. The maximum absolute atomic E-state index is 5.75. The summed E-state index contributed by atoms with van der Waals surface area (Å²) in [4.78, 5) is 0. The van der Waals surface area contributed by atoms with E-state index in [9.17, 15) is 0 Å². The normalized spacial score (nSPS) is 14.0. The summed E-state index contributed by atoms with van der Waals surface area (Å²) < 4.78 is 5.75. The Morgan fingerprint density at radius 3 is 2.21 bits per heavy atom. The lowest BCUT2D eigenvalue weighted by Gasteiger charge is -2.22. The maximum atomic E-state index is 5.75. The Balaban J connectivity index is 2.48. The van der Waals surface area contributed by atoms with Gasteiger partial charge in [0.2, 0.25) is 0 Å². The van der Waals surface area contributed by atoms with Crippen molar-refractivity contribution in [3.63, 3.8) is 0 Å². The van der Waals surface area contributed by atoms with Gasteiger partial charge in [0.25, 0.3) is 0 Å². The Bertz CT molecular complexity index is 258. The van der Waals surface area contributed by atoms with Crippen LogP contribution in [0.4, 0.5) is 0 Å². The number of hydrogen-bond acceptors (Lipinski definition) is 1. The molecule has 1 rings (SSSR count). The van der Waals surface area contributed by atoms with E-state index in [1.807, 2.05) is 6.07 Å². The van der Waals surface area contributed by atoms with E-state index in [0.29, 0.717) is 5.92 Å². The molecule has 0 radical (unpaired) electrons. The highest BCUT2D eigenvalue weighted by molar-refractivity contribution is 5.18. The maximum Gasteiger partial charge on any atom is 0.0598 e. The summed E-state index contributed by atoms with van der Waals surface area (Å²) in [5.41, 5.74) is 1.31. The summed E-state index contributed by atoms with van der Waals surface area (Å²) >= 11 is 0. The second-order valence-electron chi connectivity index (χ2n) is 4.74. The van der Waals surface area contributed by atoms with Crippen molar-refractivity contribution < 1.29 is 4.74 Å². The van der Waals surface area contributed by atoms with Crippen LogP contribution in [0.2, 0.25) is 0 Å². The van der Waals surface area contributed by atoms with Crippen molar-refractivity contribution in [2.24, 2.45) is 0 Å². The highest BCUT2D eigenvalue weighted by atomic mass is 16.5. The molecule has 0 aromatic heterocycles. The molecule has 0 amide bonds. The molecular formula is C13H20O. The average Bonchev–Trinajstić information content (AvgIpc) is 2.14. The lowest BCUT2D eigenvalue weighted by molar-refractivity contribution is -0.00887. The molecule has 0 aliphatic heterocycles. The van der Waals surface area contributed by atoms with Gasteiger partial charge in [-0.15, -0.1) is 0 Å². The van der Waals surface area contributed by atoms with Gasteiger partial charge in [-0.3, -0.25) is 0 Å². The Morgan fingerprint density at radius 2 is 1.71 bits per heavy atom. The van der Waals surface area contributed by atoms with Crippen molar-refractivity contribution in [3.05, 3.63) is 35.9 Å². The van der Waals surface area contributed by atoms with Crippen LogP contribution in [0.25, 0.3) is 0 Å². The van der Waals surface area contributed by atoms with Gasteiger partial charge in [-0.2, -0.15) is 0 Å². The predicted molar refractivity (Wildman–Crippen MR) is 60.6 cm³/mol. The highest BCUT2D eigenvalue weighted by Crippen LogP contribution is 2.17. The second kappa shape index (κ2) is 4.61. The third-order valence-electron chi connectivity index (χ3n) is 2.13. The molecule has 1 heteroatoms. The van der Waals surface area contributed by atoms with Crippen molar-refractivity contribution in [2.75, 3.05) is 6.61 Å². The smallest absolute Gasteiger partial charge is 0.0598 e. The van der Waals surface area contributed by atoms with Crippen molar-refractivity contribution >= 4 is 0 Å². The molecule has 0 fully saturated rings. The molecule has 0 heterocycles. The molecule has 0 bridgehead atoms. The fraction of sp³-hybridized carbons (Fsp3) is 0.538. The van der Waals surface area contributed by atoms with Crippen LogP contribution in [-0.4, -0.2) is 12.2 Å². The third kappa shape index (κ3) is 3.93. The van der Waals surface area contributed by atoms with Crippen LogP contribution < -0.4 is 0 Å². The van der Waals surface area contributed by atoms with Crippen LogP contribution in [0.3, 0.4) is 0 Å². The standard InChI is InChI=1S/C13H20O/c1-11(10-14-13(2,3)4)12-8-6-5-7-9-12/h5-9,11H,10H2,1-4H3/t11-/m0/s1. The number of benzene rings is 1. The van der Waals surface area contributed by atoms with E-state index in [-0.39, 0.29) is 5.60 Å². The zero-order valence-electron chi connectivity index (χ0n) is 9.58. The Kier molecular flexibility index (Phi) is 3.70. The van der Waals surface area contributed by atoms with Crippen LogP contribution in [0.5, 0.6) is 0 Å². The van der Waals surface area contributed by atoms with E-state index >= 15 is 0 Å². The van der Waals surface area contributed by atoms with Crippen molar-refractivity contribution in [3.8, 4) is 0 Å². The van der Waals surface area contributed by atoms with Crippen molar-refractivity contribution in [2.45, 2.75) is 39.2 Å². The van der Waals surface area contributed by atoms with Crippen LogP contribution in [0, 0.1) is 0 Å². The summed E-state index contributed by atoms with van der Waals surface area (Å²) in [5, 5.41) is 0. The number of ether oxygens (including phenoxy) is 1. The quantitative estimate of drug-likeness (QED) is 0.711. The van der Waals surface area contributed by atoms with Gasteiger partial charge >= 0.3 is 0 Å². The largest absolute Gasteiger partial charge is 0.375 e. The van der Waals surface area contributed by atoms with E-state index < -0.39 is 0 Å². The molecule has 1 aromatic carbocycles. The van der Waals surface area contributed by atoms with E-state index in [0.717, 1.165) is 6.61 Å². The predicted octanol–water partition coefficient (Wildman–Crippen LogP) is 3.61. The molecule has 0 aliphatic rings. The third-order valence-corrected chi connectivity index (χ3v) is 2.13. The minimum absolute atomic E-state index is 0.0387. The molecule has 0 N–H and O–H groups in total. The van der Waals surface area contributed by atoms with Crippen molar-refractivity contribution in [1.29, 1.82) is 0 Å². The minimum atomic E-state index is -0.0387. The van der Waals surface area contributed by atoms with Crippen LogP contribution in [0.15, 0.2) is 30.3 Å². The summed E-state index contributed by atoms with van der Waals surface area (Å²) in [5.74, 6) is 0.468. The first-order valence-electron chi connectivity index (χ1n) is 5.18. The van der Waals surface area contributed by atoms with E-state index in [1.54, 1.807) is 0 Å². The SMILES string of the molecule is C[C@@H](COC(C)(C)C)c1ccccc1. The van der Waals surface area contributed by atoms with Gasteiger partial charge in [0, 0.05) is 5.92 Å². The summed E-state index contributed by atoms with van der Waals surface area (Å²) in [6.07, 6.45) is 0. The van der Waals surface area contributed by atoms with Gasteiger partial charge in [-0.25, -0.2) is 0 Å². The summed E-state index contributed by atoms with van der Waals surface area (Å²) in [6, 6.07) is 10.5. The van der Waals surface area contributed by atoms with Crippen molar-refractivity contribution in [1.82, 2.24) is 0 Å². The van der Waals surface area contributed by atoms with Crippen LogP contribution in [-0.2, 0) is 4.74 Å². The molecule has 78 valence electrons. The zero-order valence-corrected chi connectivity index (χ0v) is 9.58. The highest BCUT2D eigenvalue weighted by Gasteiger charge is 2.13. The second-order valence-corrected chi connectivity index (χ2v) is 4.74. The lowest BCUT2D eigenvalue weighted by atomic mass is 10.0. The summed E-state index contributed by atoms with van der Waals surface area (Å²) in [6.45, 7) is 9.24. The van der Waals surface area contributed by atoms with E-state index in [1.165, 1.54) is 5.56 Å². The van der Waals surface area contributed by atoms with Gasteiger partial charge in [-0.1, -0.05) is 37.3 Å². The van der Waals surface area contributed by atoms with Gasteiger partial charge in [0.05, 0.1) is 12.2 Å². The summed E-state index contributed by atoms with van der Waals surface area (Å²) in [7, 11) is 0. The molecule has 0 saturated carbocycles. The molecule has 0 spiro atoms. The molecule has 0 aliphatic carbocycles. The average molecular weight is 192 g/mol. The van der Waals surface area contributed by atoms with Crippen LogP contribution in [0.1, 0.15) is 39.2 Å². The molecular weight excluding hydrogens is 172 g/mol. The fourth-order valence-electron chi connectivity index (χ4n) is 1.25. The first kappa shape index (κ1) is 11.3. The molecule has 0 unspecified atom stereocenters. The first-order chi connectivity index (χ1) is 6.49.